The van der Waals surface area contributed by atoms with Gasteiger partial charge in [0.05, 0.1) is 0 Å². The van der Waals surface area contributed by atoms with Crippen LogP contribution in [-0.2, 0) is 4.79 Å². The van der Waals surface area contributed by atoms with E-state index < -0.39 is 0 Å². The number of carbonyl (C=O) groups excluding carboxylic acids is 1. The SMILES string of the molecule is CC1CCC(=O)C2=C1CCCCC2. The molecule has 0 radical (unpaired) electrons. The average Bonchev–Trinajstić information content (AvgIpc) is 2.37. The highest BCUT2D eigenvalue weighted by atomic mass is 16.1. The van der Waals surface area contributed by atoms with Crippen LogP contribution in [0.4, 0.5) is 0 Å². The van der Waals surface area contributed by atoms with Crippen LogP contribution in [0.25, 0.3) is 0 Å². The lowest BCUT2D eigenvalue weighted by atomic mass is 9.81. The summed E-state index contributed by atoms with van der Waals surface area (Å²) in [5, 5.41) is 0. The number of hydrogen-bond donors (Lipinski definition) is 0. The van der Waals surface area contributed by atoms with E-state index in [2.05, 4.69) is 6.92 Å². The van der Waals surface area contributed by atoms with Gasteiger partial charge in [-0.05, 0) is 43.6 Å². The Kier molecular flexibility index (Phi) is 2.52. The first-order valence-electron chi connectivity index (χ1n) is 5.54. The van der Waals surface area contributed by atoms with E-state index in [0.29, 0.717) is 11.7 Å². The lowest BCUT2D eigenvalue weighted by molar-refractivity contribution is -0.116. The first-order valence-corrected chi connectivity index (χ1v) is 5.54. The smallest absolute Gasteiger partial charge is 0.158 e. The van der Waals surface area contributed by atoms with Gasteiger partial charge in [0.15, 0.2) is 5.78 Å². The fourth-order valence-electron chi connectivity index (χ4n) is 2.64. The third-order valence-corrected chi connectivity index (χ3v) is 3.50. The van der Waals surface area contributed by atoms with E-state index >= 15 is 0 Å². The predicted octanol–water partition coefficient (Wildman–Crippen LogP) is 3.25. The summed E-state index contributed by atoms with van der Waals surface area (Å²) in [6, 6.07) is 0. The van der Waals surface area contributed by atoms with Crippen molar-refractivity contribution in [2.24, 2.45) is 5.92 Å². The van der Waals surface area contributed by atoms with Crippen LogP contribution < -0.4 is 0 Å². The minimum absolute atomic E-state index is 0.454. The van der Waals surface area contributed by atoms with Crippen molar-refractivity contribution in [1.29, 1.82) is 0 Å². The molecule has 0 fully saturated rings. The molecule has 0 saturated heterocycles. The van der Waals surface area contributed by atoms with Gasteiger partial charge in [0, 0.05) is 6.42 Å². The Bertz CT molecular complexity index is 250. The summed E-state index contributed by atoms with van der Waals surface area (Å²) in [5.74, 6) is 1.14. The zero-order chi connectivity index (χ0) is 9.26. The second kappa shape index (κ2) is 3.65. The molecule has 1 unspecified atom stereocenters. The Balaban J connectivity index is 2.30. The van der Waals surface area contributed by atoms with Crippen LogP contribution in [0.15, 0.2) is 11.1 Å². The summed E-state index contributed by atoms with van der Waals surface area (Å²) in [6.07, 6.45) is 8.01. The fraction of sp³-hybridized carbons (Fsp3) is 0.750. The van der Waals surface area contributed by atoms with E-state index in [1.165, 1.54) is 36.8 Å². The van der Waals surface area contributed by atoms with Gasteiger partial charge in [-0.25, -0.2) is 0 Å². The Hall–Kier alpha value is -0.590. The zero-order valence-electron chi connectivity index (χ0n) is 8.44. The molecule has 0 spiro atoms. The van der Waals surface area contributed by atoms with Crippen LogP contribution in [0.2, 0.25) is 0 Å². The van der Waals surface area contributed by atoms with Gasteiger partial charge < -0.3 is 0 Å². The molecule has 0 aromatic rings. The Labute approximate surface area is 80.2 Å². The summed E-state index contributed by atoms with van der Waals surface area (Å²) in [6.45, 7) is 2.28. The van der Waals surface area contributed by atoms with E-state index in [9.17, 15) is 4.79 Å². The van der Waals surface area contributed by atoms with Gasteiger partial charge in [-0.1, -0.05) is 18.9 Å². The molecule has 2 rings (SSSR count). The summed E-state index contributed by atoms with van der Waals surface area (Å²) in [7, 11) is 0. The van der Waals surface area contributed by atoms with Crippen LogP contribution >= 0.6 is 0 Å². The molecule has 72 valence electrons. The number of allylic oxidation sites excluding steroid dienone is 2. The van der Waals surface area contributed by atoms with Crippen LogP contribution in [0, 0.1) is 5.92 Å². The van der Waals surface area contributed by atoms with Crippen LogP contribution in [-0.4, -0.2) is 5.78 Å². The molecule has 2 aliphatic rings. The molecular formula is C12H18O. The van der Waals surface area contributed by atoms with Gasteiger partial charge >= 0.3 is 0 Å². The third-order valence-electron chi connectivity index (χ3n) is 3.50. The second-order valence-electron chi connectivity index (χ2n) is 4.43. The maximum atomic E-state index is 11.7. The highest BCUT2D eigenvalue weighted by Gasteiger charge is 2.25. The van der Waals surface area contributed by atoms with Crippen molar-refractivity contribution in [3.8, 4) is 0 Å². The zero-order valence-corrected chi connectivity index (χ0v) is 8.44. The Morgan fingerprint density at radius 2 is 1.85 bits per heavy atom. The number of carbonyl (C=O) groups is 1. The van der Waals surface area contributed by atoms with E-state index in [0.717, 1.165) is 19.3 Å². The molecule has 0 aliphatic heterocycles. The molecule has 0 bridgehead atoms. The molecule has 0 saturated carbocycles. The van der Waals surface area contributed by atoms with Crippen LogP contribution in [0.5, 0.6) is 0 Å². The van der Waals surface area contributed by atoms with Gasteiger partial charge in [-0.15, -0.1) is 0 Å². The van der Waals surface area contributed by atoms with Crippen LogP contribution in [0.3, 0.4) is 0 Å². The molecule has 2 aliphatic carbocycles. The molecule has 1 nitrogen and oxygen atoms in total. The second-order valence-corrected chi connectivity index (χ2v) is 4.43. The first kappa shape index (κ1) is 8.98. The van der Waals surface area contributed by atoms with Crippen molar-refractivity contribution < 1.29 is 4.79 Å². The number of hydrogen-bond acceptors (Lipinski definition) is 1. The maximum Gasteiger partial charge on any atom is 0.158 e. The number of Topliss-reactive ketones (excluding diaryl/α,β-unsaturated/α-hetero) is 1. The molecule has 0 amide bonds. The molecule has 0 aromatic carbocycles. The van der Waals surface area contributed by atoms with Gasteiger partial charge in [0.2, 0.25) is 0 Å². The minimum atomic E-state index is 0.454. The molecule has 13 heavy (non-hydrogen) atoms. The van der Waals surface area contributed by atoms with Crippen molar-refractivity contribution in [1.82, 2.24) is 0 Å². The van der Waals surface area contributed by atoms with Gasteiger partial charge in [-0.2, -0.15) is 0 Å². The standard InChI is InChI=1S/C12H18O/c1-9-7-8-12(13)11-6-4-2-3-5-10(9)11/h9H,2-8H2,1H3. The van der Waals surface area contributed by atoms with Crippen LogP contribution in [0.1, 0.15) is 51.9 Å². The predicted molar refractivity (Wildman–Crippen MR) is 53.5 cm³/mol. The van der Waals surface area contributed by atoms with Crippen molar-refractivity contribution >= 4 is 5.78 Å². The third kappa shape index (κ3) is 1.70. The van der Waals surface area contributed by atoms with Gasteiger partial charge in [0.1, 0.15) is 0 Å². The van der Waals surface area contributed by atoms with Crippen molar-refractivity contribution in [3.05, 3.63) is 11.1 Å². The molecular weight excluding hydrogens is 160 g/mol. The van der Waals surface area contributed by atoms with Crippen molar-refractivity contribution in [2.45, 2.75) is 51.9 Å². The van der Waals surface area contributed by atoms with Gasteiger partial charge in [0.25, 0.3) is 0 Å². The topological polar surface area (TPSA) is 17.1 Å². The lowest BCUT2D eigenvalue weighted by Gasteiger charge is -2.23. The molecule has 1 heteroatoms. The summed E-state index contributed by atoms with van der Waals surface area (Å²) < 4.78 is 0. The van der Waals surface area contributed by atoms with E-state index in [1.807, 2.05) is 0 Å². The molecule has 0 aromatic heterocycles. The molecule has 1 atom stereocenters. The molecule has 0 heterocycles. The van der Waals surface area contributed by atoms with Gasteiger partial charge in [-0.3, -0.25) is 4.79 Å². The minimum Gasteiger partial charge on any atom is -0.295 e. The molecule has 0 N–H and O–H groups in total. The Morgan fingerprint density at radius 3 is 2.69 bits per heavy atom. The van der Waals surface area contributed by atoms with Crippen molar-refractivity contribution in [3.63, 3.8) is 0 Å². The summed E-state index contributed by atoms with van der Waals surface area (Å²) >= 11 is 0. The van der Waals surface area contributed by atoms with E-state index in [1.54, 1.807) is 0 Å². The lowest BCUT2D eigenvalue weighted by Crippen LogP contribution is -2.17. The highest BCUT2D eigenvalue weighted by Crippen LogP contribution is 2.35. The largest absolute Gasteiger partial charge is 0.295 e. The number of ketones is 1. The fourth-order valence-corrected chi connectivity index (χ4v) is 2.64. The Morgan fingerprint density at radius 1 is 1.08 bits per heavy atom. The quantitative estimate of drug-likeness (QED) is 0.556. The first-order chi connectivity index (χ1) is 6.29. The van der Waals surface area contributed by atoms with E-state index in [-0.39, 0.29) is 0 Å². The summed E-state index contributed by atoms with van der Waals surface area (Å²) in [4.78, 5) is 11.7. The number of rotatable bonds is 0. The van der Waals surface area contributed by atoms with Crippen molar-refractivity contribution in [2.75, 3.05) is 0 Å². The highest BCUT2D eigenvalue weighted by molar-refractivity contribution is 5.97. The maximum absolute atomic E-state index is 11.7. The average molecular weight is 178 g/mol. The monoisotopic (exact) mass is 178 g/mol. The van der Waals surface area contributed by atoms with E-state index in [4.69, 9.17) is 0 Å². The summed E-state index contributed by atoms with van der Waals surface area (Å²) in [5.41, 5.74) is 2.73. The normalized spacial score (nSPS) is 29.9.